The van der Waals surface area contributed by atoms with Crippen LogP contribution < -0.4 is 21.1 Å². The lowest BCUT2D eigenvalue weighted by atomic mass is 10.2. The van der Waals surface area contributed by atoms with Crippen LogP contribution in [0.25, 0.3) is 0 Å². The summed E-state index contributed by atoms with van der Waals surface area (Å²) in [6, 6.07) is 8.47. The summed E-state index contributed by atoms with van der Waals surface area (Å²) in [5.41, 5.74) is 6.38. The molecule has 0 spiro atoms. The fourth-order valence-corrected chi connectivity index (χ4v) is 2.75. The molecular formula is C16H19N3O3S. The molecule has 2 rings (SSSR count). The van der Waals surface area contributed by atoms with Crippen LogP contribution in [-0.2, 0) is 4.79 Å². The van der Waals surface area contributed by atoms with Crippen molar-refractivity contribution < 1.29 is 14.3 Å². The van der Waals surface area contributed by atoms with Gasteiger partial charge in [-0.05, 0) is 49.6 Å². The summed E-state index contributed by atoms with van der Waals surface area (Å²) >= 11 is 1.26. The van der Waals surface area contributed by atoms with Crippen LogP contribution in [0.3, 0.4) is 0 Å². The van der Waals surface area contributed by atoms with Gasteiger partial charge in [0.05, 0.1) is 12.2 Å². The average molecular weight is 333 g/mol. The highest BCUT2D eigenvalue weighted by Gasteiger charge is 2.17. The van der Waals surface area contributed by atoms with Crippen molar-refractivity contribution in [3.63, 3.8) is 0 Å². The quantitative estimate of drug-likeness (QED) is 0.726. The van der Waals surface area contributed by atoms with E-state index in [-0.39, 0.29) is 5.91 Å². The minimum Gasteiger partial charge on any atom is -0.494 e. The normalized spacial score (nSPS) is 11.6. The molecule has 0 saturated heterocycles. The third-order valence-electron chi connectivity index (χ3n) is 3.11. The Hall–Kier alpha value is -2.54. The van der Waals surface area contributed by atoms with Gasteiger partial charge < -0.3 is 21.1 Å². The maximum atomic E-state index is 12.2. The maximum absolute atomic E-state index is 12.2. The molecule has 23 heavy (non-hydrogen) atoms. The number of hydrogen-bond donors (Lipinski definition) is 3. The Morgan fingerprint density at radius 2 is 1.96 bits per heavy atom. The smallest absolute Gasteiger partial charge is 0.251 e. The van der Waals surface area contributed by atoms with Crippen molar-refractivity contribution in [1.82, 2.24) is 0 Å². The number of carbonyl (C=O) groups is 2. The summed E-state index contributed by atoms with van der Waals surface area (Å²) in [6.45, 7) is 4.27. The van der Waals surface area contributed by atoms with Crippen molar-refractivity contribution in [1.29, 1.82) is 0 Å². The number of benzene rings is 1. The number of rotatable bonds is 7. The van der Waals surface area contributed by atoms with Crippen LogP contribution in [0, 0.1) is 0 Å². The molecule has 1 atom stereocenters. The molecule has 2 aromatic rings. The lowest BCUT2D eigenvalue weighted by Gasteiger charge is -2.15. The standard InChI is InChI=1S/C16H19N3O3S/c1-3-22-12-6-4-11(5-7-12)18-10(2)15(21)19-16-13(14(17)20)8-9-23-16/h4-10,18H,3H2,1-2H3,(H2,17,20)(H,19,21)/t10-/m0/s1. The van der Waals surface area contributed by atoms with Gasteiger partial charge in [0, 0.05) is 5.69 Å². The van der Waals surface area contributed by atoms with E-state index in [1.54, 1.807) is 18.4 Å². The van der Waals surface area contributed by atoms with Gasteiger partial charge in [-0.15, -0.1) is 11.3 Å². The Bertz CT molecular complexity index is 682. The second-order valence-electron chi connectivity index (χ2n) is 4.84. The molecule has 1 aromatic heterocycles. The molecule has 0 aliphatic rings. The van der Waals surface area contributed by atoms with Crippen LogP contribution in [-0.4, -0.2) is 24.5 Å². The highest BCUT2D eigenvalue weighted by atomic mass is 32.1. The maximum Gasteiger partial charge on any atom is 0.251 e. The molecule has 7 heteroatoms. The number of thiophene rings is 1. The number of nitrogens with two attached hydrogens (primary N) is 1. The van der Waals surface area contributed by atoms with Crippen molar-refractivity contribution in [3.05, 3.63) is 41.3 Å². The van der Waals surface area contributed by atoms with E-state index in [0.717, 1.165) is 11.4 Å². The molecule has 1 aromatic carbocycles. The fourth-order valence-electron chi connectivity index (χ4n) is 1.95. The van der Waals surface area contributed by atoms with Crippen molar-refractivity contribution in [2.75, 3.05) is 17.2 Å². The monoisotopic (exact) mass is 333 g/mol. The Morgan fingerprint density at radius 1 is 1.26 bits per heavy atom. The number of anilines is 2. The lowest BCUT2D eigenvalue weighted by Crippen LogP contribution is -2.32. The number of hydrogen-bond acceptors (Lipinski definition) is 5. The summed E-state index contributed by atoms with van der Waals surface area (Å²) in [5, 5.41) is 7.98. The zero-order valence-electron chi connectivity index (χ0n) is 13.0. The number of ether oxygens (including phenoxy) is 1. The summed E-state index contributed by atoms with van der Waals surface area (Å²) in [4.78, 5) is 23.5. The van der Waals surface area contributed by atoms with Crippen molar-refractivity contribution >= 4 is 33.8 Å². The first-order valence-electron chi connectivity index (χ1n) is 7.18. The molecule has 0 aliphatic heterocycles. The van der Waals surface area contributed by atoms with Crippen LogP contribution in [0.2, 0.25) is 0 Å². The highest BCUT2D eigenvalue weighted by molar-refractivity contribution is 7.14. The van der Waals surface area contributed by atoms with E-state index in [1.165, 1.54) is 11.3 Å². The molecule has 2 amide bonds. The first kappa shape index (κ1) is 16.8. The van der Waals surface area contributed by atoms with Gasteiger partial charge >= 0.3 is 0 Å². The van der Waals surface area contributed by atoms with Crippen molar-refractivity contribution in [2.45, 2.75) is 19.9 Å². The van der Waals surface area contributed by atoms with Gasteiger partial charge in [0.2, 0.25) is 5.91 Å². The molecule has 122 valence electrons. The van der Waals surface area contributed by atoms with Crippen molar-refractivity contribution in [2.24, 2.45) is 5.73 Å². The van der Waals surface area contributed by atoms with E-state index >= 15 is 0 Å². The van der Waals surface area contributed by atoms with Gasteiger partial charge in [-0.25, -0.2) is 0 Å². The molecule has 6 nitrogen and oxygen atoms in total. The van der Waals surface area contributed by atoms with E-state index in [9.17, 15) is 9.59 Å². The predicted molar refractivity (Wildman–Crippen MR) is 92.2 cm³/mol. The van der Waals surface area contributed by atoms with Crippen LogP contribution in [0.1, 0.15) is 24.2 Å². The summed E-state index contributed by atoms with van der Waals surface area (Å²) in [7, 11) is 0. The van der Waals surface area contributed by atoms with E-state index in [1.807, 2.05) is 31.2 Å². The molecule has 0 unspecified atom stereocenters. The Labute approximate surface area is 138 Å². The van der Waals surface area contributed by atoms with Crippen LogP contribution in [0.5, 0.6) is 5.75 Å². The Kier molecular flexibility index (Phi) is 5.59. The topological polar surface area (TPSA) is 93.4 Å². The molecule has 1 heterocycles. The van der Waals surface area contributed by atoms with Crippen LogP contribution >= 0.6 is 11.3 Å². The highest BCUT2D eigenvalue weighted by Crippen LogP contribution is 2.23. The van der Waals surface area contributed by atoms with E-state index in [4.69, 9.17) is 10.5 Å². The minimum absolute atomic E-state index is 0.246. The predicted octanol–water partition coefficient (Wildman–Crippen LogP) is 2.68. The first-order chi connectivity index (χ1) is 11.0. The Morgan fingerprint density at radius 3 is 2.57 bits per heavy atom. The average Bonchev–Trinajstić information content (AvgIpc) is 2.97. The summed E-state index contributed by atoms with van der Waals surface area (Å²) in [5.74, 6) is -0.0302. The van der Waals surface area contributed by atoms with Gasteiger partial charge in [0.25, 0.3) is 5.91 Å². The Balaban J connectivity index is 1.97. The minimum atomic E-state index is -0.561. The molecule has 0 fully saturated rings. The van der Waals surface area contributed by atoms with Gasteiger partial charge in [0.1, 0.15) is 16.8 Å². The lowest BCUT2D eigenvalue weighted by molar-refractivity contribution is -0.116. The third kappa shape index (κ3) is 4.46. The summed E-state index contributed by atoms with van der Waals surface area (Å²) < 4.78 is 5.37. The fraction of sp³-hybridized carbons (Fsp3) is 0.250. The second-order valence-corrected chi connectivity index (χ2v) is 5.76. The number of primary amides is 1. The van der Waals surface area contributed by atoms with Crippen LogP contribution in [0.4, 0.5) is 10.7 Å². The van der Waals surface area contributed by atoms with Crippen LogP contribution in [0.15, 0.2) is 35.7 Å². The largest absolute Gasteiger partial charge is 0.494 e. The molecule has 0 aliphatic carbocycles. The zero-order chi connectivity index (χ0) is 16.8. The summed E-state index contributed by atoms with van der Waals surface area (Å²) in [6.07, 6.45) is 0. The van der Waals surface area contributed by atoms with Gasteiger partial charge in [-0.2, -0.15) is 0 Å². The van der Waals surface area contributed by atoms with E-state index in [2.05, 4.69) is 10.6 Å². The van der Waals surface area contributed by atoms with E-state index in [0.29, 0.717) is 17.2 Å². The molecule has 0 radical (unpaired) electrons. The number of amides is 2. The molecule has 4 N–H and O–H groups in total. The number of carbonyl (C=O) groups excluding carboxylic acids is 2. The third-order valence-corrected chi connectivity index (χ3v) is 3.94. The molecule has 0 saturated carbocycles. The van der Waals surface area contributed by atoms with Gasteiger partial charge in [-0.1, -0.05) is 0 Å². The van der Waals surface area contributed by atoms with Gasteiger partial charge in [0.15, 0.2) is 0 Å². The van der Waals surface area contributed by atoms with E-state index < -0.39 is 11.9 Å². The second kappa shape index (κ2) is 7.64. The van der Waals surface area contributed by atoms with Crippen molar-refractivity contribution in [3.8, 4) is 5.75 Å². The molecular weight excluding hydrogens is 314 g/mol. The zero-order valence-corrected chi connectivity index (χ0v) is 13.8. The number of nitrogens with one attached hydrogen (secondary N) is 2. The van der Waals surface area contributed by atoms with Gasteiger partial charge in [-0.3, -0.25) is 9.59 Å². The SMILES string of the molecule is CCOc1ccc(N[C@@H](C)C(=O)Nc2sccc2C(N)=O)cc1. The first-order valence-corrected chi connectivity index (χ1v) is 8.06. The molecule has 0 bridgehead atoms.